The lowest BCUT2D eigenvalue weighted by Crippen LogP contribution is -2.58. The Bertz CT molecular complexity index is 1080. The van der Waals surface area contributed by atoms with Crippen molar-refractivity contribution in [1.82, 2.24) is 20.0 Å². The lowest BCUT2D eigenvalue weighted by Gasteiger charge is -2.48. The highest BCUT2D eigenvalue weighted by Gasteiger charge is 2.56. The van der Waals surface area contributed by atoms with Gasteiger partial charge in [0.2, 0.25) is 11.8 Å². The number of carbonyl (C=O) groups is 2. The molecule has 1 aromatic carbocycles. The number of hydrogen-bond donors (Lipinski definition) is 1. The van der Waals surface area contributed by atoms with Crippen molar-refractivity contribution in [3.8, 4) is 0 Å². The molecule has 4 saturated heterocycles. The van der Waals surface area contributed by atoms with Gasteiger partial charge in [-0.3, -0.25) is 9.69 Å². The fourth-order valence-corrected chi connectivity index (χ4v) is 8.45. The van der Waals surface area contributed by atoms with Crippen molar-refractivity contribution in [3.63, 3.8) is 0 Å². The van der Waals surface area contributed by atoms with Crippen LogP contribution >= 0.6 is 12.4 Å². The van der Waals surface area contributed by atoms with Gasteiger partial charge in [0, 0.05) is 62.9 Å². The van der Waals surface area contributed by atoms with Crippen LogP contribution < -0.4 is 5.32 Å². The molecule has 3 amide bonds. The summed E-state index contributed by atoms with van der Waals surface area (Å²) in [6.45, 7) is 6.69. The second kappa shape index (κ2) is 13.5. The summed E-state index contributed by atoms with van der Waals surface area (Å²) >= 11 is 0. The van der Waals surface area contributed by atoms with Crippen LogP contribution in [0.2, 0.25) is 0 Å². The molecule has 240 valence electrons. The van der Waals surface area contributed by atoms with Crippen LogP contribution in [0.1, 0.15) is 76.3 Å². The van der Waals surface area contributed by atoms with Crippen molar-refractivity contribution in [1.29, 1.82) is 0 Å². The Hall–Kier alpha value is -2.01. The molecule has 0 aromatic heterocycles. The van der Waals surface area contributed by atoms with Gasteiger partial charge in [-0.25, -0.2) is 13.6 Å². The third-order valence-electron chi connectivity index (χ3n) is 10.5. The molecule has 4 heterocycles. The number of amides is 3. The zero-order chi connectivity index (χ0) is 29.3. The lowest BCUT2D eigenvalue weighted by atomic mass is 9.81. The van der Waals surface area contributed by atoms with Crippen molar-refractivity contribution in [2.24, 2.45) is 11.8 Å². The van der Waals surface area contributed by atoms with Crippen LogP contribution in [0.5, 0.6) is 0 Å². The van der Waals surface area contributed by atoms with E-state index in [2.05, 4.69) is 22.0 Å². The van der Waals surface area contributed by atoms with Gasteiger partial charge in [0.1, 0.15) is 6.79 Å². The number of hydrogen-bond acceptors (Lipinski definition) is 5. The Morgan fingerprint density at radius 2 is 1.70 bits per heavy atom. The number of carbonyl (C=O) groups excluding carboxylic acids is 2. The molecule has 6 rings (SSSR count). The first kappa shape index (κ1) is 32.4. The number of ether oxygens (including phenoxy) is 2. The minimum atomic E-state index is -2.65. The van der Waals surface area contributed by atoms with E-state index in [4.69, 9.17) is 9.47 Å². The molecule has 4 aliphatic heterocycles. The van der Waals surface area contributed by atoms with E-state index in [1.165, 1.54) is 0 Å². The number of urea groups is 1. The smallest absolute Gasteiger partial charge is 0.320 e. The summed E-state index contributed by atoms with van der Waals surface area (Å²) in [5, 5.41) is 3.24. The Morgan fingerprint density at radius 1 is 1.05 bits per heavy atom. The van der Waals surface area contributed by atoms with E-state index in [1.54, 1.807) is 0 Å². The zero-order valence-electron chi connectivity index (χ0n) is 25.2. The first-order valence-electron chi connectivity index (χ1n) is 16.0. The number of nitrogens with zero attached hydrogens (tertiary/aromatic N) is 3. The summed E-state index contributed by atoms with van der Waals surface area (Å²) in [6, 6.07) is 10.8. The fraction of sp³-hybridized carbons (Fsp3) is 0.750. The van der Waals surface area contributed by atoms with Crippen LogP contribution in [0, 0.1) is 11.8 Å². The van der Waals surface area contributed by atoms with Gasteiger partial charge in [0.25, 0.3) is 0 Å². The summed E-state index contributed by atoms with van der Waals surface area (Å²) < 4.78 is 38.4. The number of benzene rings is 1. The van der Waals surface area contributed by atoms with Gasteiger partial charge in [0.05, 0.1) is 24.8 Å². The molecular weight excluding hydrogens is 578 g/mol. The number of piperidine rings is 1. The molecular formula is C32H47ClF2N4O4. The van der Waals surface area contributed by atoms with Crippen molar-refractivity contribution in [3.05, 3.63) is 35.9 Å². The predicted molar refractivity (Wildman–Crippen MR) is 161 cm³/mol. The number of likely N-dealkylation sites (N-methyl/N-ethyl adjacent to an activating group) is 1. The van der Waals surface area contributed by atoms with E-state index in [0.717, 1.165) is 50.8 Å². The Labute approximate surface area is 260 Å². The maximum absolute atomic E-state index is 13.7. The average molecular weight is 625 g/mol. The molecule has 2 bridgehead atoms. The molecule has 0 radical (unpaired) electrons. The van der Waals surface area contributed by atoms with Gasteiger partial charge < -0.3 is 24.6 Å². The van der Waals surface area contributed by atoms with Crippen LogP contribution in [0.3, 0.4) is 0 Å². The third kappa shape index (κ3) is 6.97. The van der Waals surface area contributed by atoms with Crippen LogP contribution in [0.25, 0.3) is 0 Å². The number of alkyl halides is 2. The summed E-state index contributed by atoms with van der Waals surface area (Å²) in [4.78, 5) is 33.5. The molecule has 1 aromatic rings. The van der Waals surface area contributed by atoms with Crippen LogP contribution in [0.4, 0.5) is 13.6 Å². The zero-order valence-corrected chi connectivity index (χ0v) is 26.0. The van der Waals surface area contributed by atoms with Crippen molar-refractivity contribution >= 4 is 24.3 Å². The standard InChI is InChI=1S/C32H46F2N4O4.ClH/c1-2-38-30(40)36(18-23-19-41-22-42-20-23)21-31(38)16-26-8-9-27(17-31)37(26)15-12-28(24-6-4-3-5-7-24)35-29(39)25-10-13-32(33,34)14-11-25;/h3-7,23,25-28H,2,8-22H2,1H3,(H,35,39);1H/t26?,27?,28-,31?;/m0./s1. The van der Waals surface area contributed by atoms with Crippen LogP contribution in [-0.2, 0) is 14.3 Å². The minimum absolute atomic E-state index is 0. The Balaban J connectivity index is 0.00000368. The molecule has 1 spiro atoms. The molecule has 1 N–H and O–H groups in total. The summed E-state index contributed by atoms with van der Waals surface area (Å²) in [5.74, 6) is -2.88. The largest absolute Gasteiger partial charge is 0.355 e. The molecule has 5 aliphatic rings. The lowest BCUT2D eigenvalue weighted by molar-refractivity contribution is -0.130. The fourth-order valence-electron chi connectivity index (χ4n) is 8.45. The van der Waals surface area contributed by atoms with Gasteiger partial charge >= 0.3 is 6.03 Å². The normalized spacial score (nSPS) is 30.4. The van der Waals surface area contributed by atoms with Crippen LogP contribution in [-0.4, -0.2) is 96.4 Å². The van der Waals surface area contributed by atoms with E-state index in [9.17, 15) is 18.4 Å². The average Bonchev–Trinajstić information content (AvgIpc) is 3.38. The van der Waals surface area contributed by atoms with E-state index >= 15 is 0 Å². The van der Waals surface area contributed by atoms with E-state index < -0.39 is 5.92 Å². The number of nitrogens with one attached hydrogen (secondary N) is 1. The minimum Gasteiger partial charge on any atom is -0.355 e. The Kier molecular flexibility index (Phi) is 10.2. The highest BCUT2D eigenvalue weighted by atomic mass is 35.5. The highest BCUT2D eigenvalue weighted by molar-refractivity contribution is 5.85. The van der Waals surface area contributed by atoms with Crippen molar-refractivity contribution in [2.75, 3.05) is 46.2 Å². The first-order chi connectivity index (χ1) is 20.3. The third-order valence-corrected chi connectivity index (χ3v) is 10.5. The summed E-state index contributed by atoms with van der Waals surface area (Å²) in [5.41, 5.74) is 0.915. The predicted octanol–water partition coefficient (Wildman–Crippen LogP) is 5.22. The maximum atomic E-state index is 13.7. The monoisotopic (exact) mass is 624 g/mol. The van der Waals surface area contributed by atoms with E-state index in [1.807, 2.05) is 35.2 Å². The second-order valence-electron chi connectivity index (χ2n) is 13.3. The van der Waals surface area contributed by atoms with E-state index in [-0.39, 0.29) is 73.4 Å². The van der Waals surface area contributed by atoms with Gasteiger partial charge in [-0.2, -0.15) is 0 Å². The number of fused-ring (bicyclic) bond motifs is 2. The molecule has 11 heteroatoms. The molecule has 5 fully saturated rings. The van der Waals surface area contributed by atoms with Crippen LogP contribution in [0.15, 0.2) is 30.3 Å². The topological polar surface area (TPSA) is 74.4 Å². The van der Waals surface area contributed by atoms with Gasteiger partial charge in [0.15, 0.2) is 0 Å². The van der Waals surface area contributed by atoms with Crippen molar-refractivity contribution < 1.29 is 27.8 Å². The van der Waals surface area contributed by atoms with E-state index in [0.29, 0.717) is 45.2 Å². The first-order valence-corrected chi connectivity index (χ1v) is 16.0. The Morgan fingerprint density at radius 3 is 2.33 bits per heavy atom. The number of halogens is 3. The maximum Gasteiger partial charge on any atom is 0.320 e. The molecule has 8 nitrogen and oxygen atoms in total. The van der Waals surface area contributed by atoms with Gasteiger partial charge in [-0.15, -0.1) is 12.4 Å². The summed E-state index contributed by atoms with van der Waals surface area (Å²) in [6.07, 6.45) is 5.01. The SMILES string of the molecule is CCN1C(=O)N(CC2COCOC2)CC12CC1CCC(C2)N1CC[C@H](NC(=O)C1CCC(F)(F)CC1)c1ccccc1.Cl. The number of rotatable bonds is 9. The quantitative estimate of drug-likeness (QED) is 0.408. The molecule has 1 aliphatic carbocycles. The molecule has 1 saturated carbocycles. The molecule has 2 unspecified atom stereocenters. The summed E-state index contributed by atoms with van der Waals surface area (Å²) in [7, 11) is 0. The van der Waals surface area contributed by atoms with Gasteiger partial charge in [-0.05, 0) is 57.4 Å². The molecule has 3 atom stereocenters. The molecule has 43 heavy (non-hydrogen) atoms. The highest BCUT2D eigenvalue weighted by Crippen LogP contribution is 2.47. The second-order valence-corrected chi connectivity index (χ2v) is 13.3. The van der Waals surface area contributed by atoms with Crippen molar-refractivity contribution in [2.45, 2.75) is 94.3 Å². The van der Waals surface area contributed by atoms with Gasteiger partial charge in [-0.1, -0.05) is 30.3 Å².